The topological polar surface area (TPSA) is 91.4 Å². The van der Waals surface area contributed by atoms with E-state index in [4.69, 9.17) is 0 Å². The van der Waals surface area contributed by atoms with Gasteiger partial charge in [-0.3, -0.25) is 4.79 Å². The molecule has 0 bridgehead atoms. The molecule has 1 aromatic heterocycles. The summed E-state index contributed by atoms with van der Waals surface area (Å²) in [4.78, 5) is 14.2. The molecule has 2 rings (SSSR count). The summed E-state index contributed by atoms with van der Waals surface area (Å²) >= 11 is 0. The van der Waals surface area contributed by atoms with E-state index >= 15 is 0 Å². The van der Waals surface area contributed by atoms with Crippen molar-refractivity contribution in [3.8, 4) is 0 Å². The van der Waals surface area contributed by atoms with Gasteiger partial charge in [0.1, 0.15) is 4.90 Å². The Morgan fingerprint density at radius 3 is 2.13 bits per heavy atom. The van der Waals surface area contributed by atoms with E-state index in [1.54, 1.807) is 38.1 Å². The lowest BCUT2D eigenvalue weighted by atomic mass is 10.3. The molecule has 164 valence electrons. The van der Waals surface area contributed by atoms with Crippen molar-refractivity contribution in [3.05, 3.63) is 41.8 Å². The number of carbonyl (C=O) groups is 1. The van der Waals surface area contributed by atoms with Crippen molar-refractivity contribution < 1.29 is 26.4 Å². The second-order valence-electron chi connectivity index (χ2n) is 6.36. The molecule has 0 radical (unpaired) electrons. The number of sulfone groups is 1. The molecule has 0 spiro atoms. The number of anilines is 3. The van der Waals surface area contributed by atoms with Gasteiger partial charge in [0.25, 0.3) is 5.95 Å². The van der Waals surface area contributed by atoms with Crippen LogP contribution < -0.4 is 15.5 Å². The van der Waals surface area contributed by atoms with Gasteiger partial charge in [-0.25, -0.2) is 17.2 Å². The van der Waals surface area contributed by atoms with E-state index in [-0.39, 0.29) is 25.5 Å². The first-order valence-corrected chi connectivity index (χ1v) is 10.9. The molecule has 0 saturated carbocycles. The summed E-state index contributed by atoms with van der Waals surface area (Å²) in [5, 5.41) is 5.39. The number of pyridine rings is 1. The molecule has 0 fully saturated rings. The third-order valence-corrected chi connectivity index (χ3v) is 5.98. The number of nitrogens with zero attached hydrogens (tertiary/aromatic N) is 2. The lowest BCUT2D eigenvalue weighted by molar-refractivity contribution is -0.114. The van der Waals surface area contributed by atoms with E-state index in [2.05, 4.69) is 15.6 Å². The summed E-state index contributed by atoms with van der Waals surface area (Å²) in [7, 11) is -4.49. The van der Waals surface area contributed by atoms with E-state index < -0.39 is 43.9 Å². The van der Waals surface area contributed by atoms with Crippen molar-refractivity contribution in [2.75, 3.05) is 40.9 Å². The SMILES string of the molecule is CCN(CC)c1nc(F)c(F)c(S(=O)(=O)CCNc2ccc(NC(C)=O)cc2)c1F. The van der Waals surface area contributed by atoms with Gasteiger partial charge in [-0.1, -0.05) is 0 Å². The van der Waals surface area contributed by atoms with Gasteiger partial charge in [-0.15, -0.1) is 0 Å². The summed E-state index contributed by atoms with van der Waals surface area (Å²) < 4.78 is 68.0. The molecule has 11 heteroatoms. The van der Waals surface area contributed by atoms with Crippen LogP contribution in [0.2, 0.25) is 0 Å². The lowest BCUT2D eigenvalue weighted by Gasteiger charge is -2.21. The maximum atomic E-state index is 14.8. The third-order valence-electron chi connectivity index (χ3n) is 4.26. The van der Waals surface area contributed by atoms with Crippen LogP contribution in [0.1, 0.15) is 20.8 Å². The zero-order valence-corrected chi connectivity index (χ0v) is 17.6. The molecule has 0 aliphatic heterocycles. The Hall–Kier alpha value is -2.82. The number of aromatic nitrogens is 1. The van der Waals surface area contributed by atoms with Crippen LogP contribution in [0.3, 0.4) is 0 Å². The molecule has 1 heterocycles. The molecular formula is C19H23F3N4O3S. The molecule has 1 aromatic carbocycles. The Bertz CT molecular complexity index is 1010. The quantitative estimate of drug-likeness (QED) is 0.578. The highest BCUT2D eigenvalue weighted by atomic mass is 32.2. The Morgan fingerprint density at radius 1 is 1.03 bits per heavy atom. The van der Waals surface area contributed by atoms with Gasteiger partial charge in [-0.2, -0.15) is 9.37 Å². The molecule has 2 N–H and O–H groups in total. The Kier molecular flexibility index (Phi) is 7.65. The number of carbonyl (C=O) groups excluding carboxylic acids is 1. The maximum absolute atomic E-state index is 14.8. The van der Waals surface area contributed by atoms with Crippen LogP contribution in [0, 0.1) is 17.6 Å². The zero-order chi connectivity index (χ0) is 22.5. The highest BCUT2D eigenvalue weighted by molar-refractivity contribution is 7.91. The van der Waals surface area contributed by atoms with Crippen molar-refractivity contribution in [2.24, 2.45) is 0 Å². The number of hydrogen-bond donors (Lipinski definition) is 2. The number of rotatable bonds is 9. The number of halogens is 3. The lowest BCUT2D eigenvalue weighted by Crippen LogP contribution is -2.27. The number of benzene rings is 1. The minimum Gasteiger partial charge on any atom is -0.384 e. The predicted molar refractivity (Wildman–Crippen MR) is 109 cm³/mol. The molecule has 0 aliphatic carbocycles. The minimum atomic E-state index is -4.49. The van der Waals surface area contributed by atoms with Crippen LogP contribution >= 0.6 is 0 Å². The van der Waals surface area contributed by atoms with Gasteiger partial charge in [0, 0.05) is 37.9 Å². The molecule has 7 nitrogen and oxygen atoms in total. The number of hydrogen-bond acceptors (Lipinski definition) is 6. The fourth-order valence-electron chi connectivity index (χ4n) is 2.79. The van der Waals surface area contributed by atoms with Crippen LogP contribution in [-0.4, -0.2) is 44.7 Å². The Balaban J connectivity index is 2.20. The first-order valence-electron chi connectivity index (χ1n) is 9.24. The molecular weight excluding hydrogens is 421 g/mol. The Morgan fingerprint density at radius 2 is 1.60 bits per heavy atom. The predicted octanol–water partition coefficient (Wildman–Crippen LogP) is 3.19. The standard InChI is InChI=1S/C19H23F3N4O3S/c1-4-26(5-2)19-16(21)17(15(20)18(22)25-19)30(28,29)11-10-23-13-6-8-14(9-7-13)24-12(3)27/h6-9,23H,4-5,10-11H2,1-3H3,(H,24,27). The van der Waals surface area contributed by atoms with Gasteiger partial charge >= 0.3 is 0 Å². The van der Waals surface area contributed by atoms with Gasteiger partial charge < -0.3 is 15.5 Å². The van der Waals surface area contributed by atoms with Crippen LogP contribution in [0.15, 0.2) is 29.2 Å². The molecule has 0 atom stereocenters. The summed E-state index contributed by atoms with van der Waals surface area (Å²) in [5.74, 6) is -6.35. The van der Waals surface area contributed by atoms with E-state index in [1.165, 1.54) is 11.8 Å². The van der Waals surface area contributed by atoms with Gasteiger partial charge in [0.05, 0.1) is 5.75 Å². The number of amides is 1. The monoisotopic (exact) mass is 444 g/mol. The first kappa shape index (κ1) is 23.5. The average Bonchev–Trinajstić information content (AvgIpc) is 2.67. The molecule has 1 amide bonds. The van der Waals surface area contributed by atoms with Crippen molar-refractivity contribution >= 4 is 32.9 Å². The minimum absolute atomic E-state index is 0.175. The summed E-state index contributed by atoms with van der Waals surface area (Å²) in [6, 6.07) is 6.41. The van der Waals surface area contributed by atoms with Crippen LogP contribution in [-0.2, 0) is 14.6 Å². The summed E-state index contributed by atoms with van der Waals surface area (Å²) in [6.45, 7) is 4.97. The molecule has 0 unspecified atom stereocenters. The molecule has 0 aliphatic rings. The van der Waals surface area contributed by atoms with Crippen molar-refractivity contribution in [1.82, 2.24) is 4.98 Å². The van der Waals surface area contributed by atoms with Crippen LogP contribution in [0.5, 0.6) is 0 Å². The maximum Gasteiger partial charge on any atom is 0.252 e. The van der Waals surface area contributed by atoms with Crippen molar-refractivity contribution in [3.63, 3.8) is 0 Å². The fraction of sp³-hybridized carbons (Fsp3) is 0.368. The van der Waals surface area contributed by atoms with Crippen molar-refractivity contribution in [2.45, 2.75) is 25.7 Å². The highest BCUT2D eigenvalue weighted by Gasteiger charge is 2.31. The van der Waals surface area contributed by atoms with Gasteiger partial charge in [0.2, 0.25) is 5.91 Å². The fourth-order valence-corrected chi connectivity index (χ4v) is 4.09. The average molecular weight is 444 g/mol. The Labute approximate surface area is 173 Å². The molecule has 2 aromatic rings. The van der Waals surface area contributed by atoms with E-state index in [0.717, 1.165) is 0 Å². The third kappa shape index (κ3) is 5.41. The first-order chi connectivity index (χ1) is 14.1. The number of nitrogens with one attached hydrogen (secondary N) is 2. The van der Waals surface area contributed by atoms with Gasteiger partial charge in [-0.05, 0) is 38.1 Å². The summed E-state index contributed by atoms with van der Waals surface area (Å²) in [6.07, 6.45) is 0. The van der Waals surface area contributed by atoms with E-state index in [1.807, 2.05) is 0 Å². The second-order valence-corrected chi connectivity index (χ2v) is 8.41. The highest BCUT2D eigenvalue weighted by Crippen LogP contribution is 2.28. The molecule has 0 saturated heterocycles. The van der Waals surface area contributed by atoms with E-state index in [9.17, 15) is 26.4 Å². The summed E-state index contributed by atoms with van der Waals surface area (Å²) in [5.41, 5.74) is 1.09. The van der Waals surface area contributed by atoms with E-state index in [0.29, 0.717) is 11.4 Å². The van der Waals surface area contributed by atoms with Crippen molar-refractivity contribution in [1.29, 1.82) is 0 Å². The van der Waals surface area contributed by atoms with Gasteiger partial charge in [0.15, 0.2) is 27.3 Å². The van der Waals surface area contributed by atoms with Crippen LogP contribution in [0.4, 0.5) is 30.4 Å². The second kappa shape index (κ2) is 9.79. The smallest absolute Gasteiger partial charge is 0.252 e. The van der Waals surface area contributed by atoms with Crippen LogP contribution in [0.25, 0.3) is 0 Å². The zero-order valence-electron chi connectivity index (χ0n) is 16.8. The molecule has 30 heavy (non-hydrogen) atoms. The normalized spacial score (nSPS) is 11.3. The largest absolute Gasteiger partial charge is 0.384 e.